The third kappa shape index (κ3) is 3.75. The van der Waals surface area contributed by atoms with E-state index in [2.05, 4.69) is 10.2 Å². The summed E-state index contributed by atoms with van der Waals surface area (Å²) in [6, 6.07) is 7.08. The van der Waals surface area contributed by atoms with Crippen molar-refractivity contribution in [3.63, 3.8) is 0 Å². The number of aryl methyl sites for hydroxylation is 1. The molecule has 7 heteroatoms. The number of pyridine rings is 1. The summed E-state index contributed by atoms with van der Waals surface area (Å²) >= 11 is 0. The predicted molar refractivity (Wildman–Crippen MR) is 106 cm³/mol. The maximum Gasteiger partial charge on any atom is 0.268 e. The van der Waals surface area contributed by atoms with Crippen LogP contribution in [0.25, 0.3) is 5.69 Å². The zero-order valence-corrected chi connectivity index (χ0v) is 16.1. The van der Waals surface area contributed by atoms with Gasteiger partial charge in [-0.25, -0.2) is 0 Å². The van der Waals surface area contributed by atoms with E-state index in [9.17, 15) is 9.59 Å². The third-order valence-electron chi connectivity index (χ3n) is 5.30. The van der Waals surface area contributed by atoms with Crippen LogP contribution in [-0.4, -0.2) is 48.3 Å². The Morgan fingerprint density at radius 2 is 1.93 bits per heavy atom. The van der Waals surface area contributed by atoms with Crippen LogP contribution >= 0.6 is 0 Å². The van der Waals surface area contributed by atoms with Gasteiger partial charge in [0, 0.05) is 18.8 Å². The molecule has 28 heavy (non-hydrogen) atoms. The van der Waals surface area contributed by atoms with Crippen LogP contribution in [0.4, 0.5) is 0 Å². The van der Waals surface area contributed by atoms with Crippen molar-refractivity contribution in [3.8, 4) is 17.2 Å². The monoisotopic (exact) mass is 383 g/mol. The lowest BCUT2D eigenvalue weighted by Crippen LogP contribution is -2.35. The second-order valence-electron chi connectivity index (χ2n) is 7.24. The molecule has 0 radical (unpaired) electrons. The van der Waals surface area contributed by atoms with Crippen LogP contribution in [0.2, 0.25) is 0 Å². The summed E-state index contributed by atoms with van der Waals surface area (Å²) in [5, 5.41) is 2.90. The van der Waals surface area contributed by atoms with Crippen LogP contribution in [0.15, 0.2) is 35.3 Å². The second kappa shape index (κ2) is 8.06. The molecule has 2 aromatic rings. The van der Waals surface area contributed by atoms with Gasteiger partial charge in [0.2, 0.25) is 6.79 Å². The number of ether oxygens (including phenoxy) is 2. The molecule has 1 aromatic heterocycles. The summed E-state index contributed by atoms with van der Waals surface area (Å²) in [7, 11) is 0. The molecule has 148 valence electrons. The molecule has 0 aliphatic carbocycles. The molecule has 1 saturated heterocycles. The molecule has 1 aromatic carbocycles. The molecule has 2 aliphatic heterocycles. The molecular weight excluding hydrogens is 358 g/mol. The molecule has 1 amide bonds. The van der Waals surface area contributed by atoms with E-state index in [1.54, 1.807) is 37.4 Å². The normalized spacial score (nSPS) is 15.8. The van der Waals surface area contributed by atoms with Crippen molar-refractivity contribution in [3.05, 3.63) is 51.9 Å². The molecule has 0 bridgehead atoms. The van der Waals surface area contributed by atoms with Crippen LogP contribution < -0.4 is 20.3 Å². The summed E-state index contributed by atoms with van der Waals surface area (Å²) in [4.78, 5) is 28.1. The number of hydrogen-bond acceptors (Lipinski definition) is 5. The van der Waals surface area contributed by atoms with E-state index in [-0.39, 0.29) is 23.8 Å². The summed E-state index contributed by atoms with van der Waals surface area (Å²) in [5.41, 5.74) is 1.15. The van der Waals surface area contributed by atoms with Gasteiger partial charge in [-0.2, -0.15) is 0 Å². The largest absolute Gasteiger partial charge is 0.454 e. The number of nitrogens with one attached hydrogen (secondary N) is 1. The van der Waals surface area contributed by atoms with Crippen molar-refractivity contribution in [2.75, 3.05) is 33.0 Å². The molecule has 7 nitrogen and oxygen atoms in total. The fourth-order valence-corrected chi connectivity index (χ4v) is 3.74. The van der Waals surface area contributed by atoms with Crippen LogP contribution in [0.1, 0.15) is 35.2 Å². The standard InChI is InChI=1S/C21H25N3O4/c1-15-7-12-24(16-5-6-17-18(13-16)28-14-27-17)21(26)19(15)20(25)22-8-4-11-23-9-2-3-10-23/h5-7,12-13H,2-4,8-11,14H2,1H3,(H,22,25). The van der Waals surface area contributed by atoms with Gasteiger partial charge in [-0.3, -0.25) is 14.2 Å². The Bertz CT molecular complexity index is 932. The van der Waals surface area contributed by atoms with E-state index in [1.807, 2.05) is 0 Å². The first-order chi connectivity index (χ1) is 13.6. The van der Waals surface area contributed by atoms with Gasteiger partial charge in [0.05, 0.1) is 5.69 Å². The van der Waals surface area contributed by atoms with Gasteiger partial charge < -0.3 is 19.7 Å². The molecule has 1 fully saturated rings. The van der Waals surface area contributed by atoms with Gasteiger partial charge in [-0.05, 0) is 69.6 Å². The van der Waals surface area contributed by atoms with Crippen molar-refractivity contribution in [1.82, 2.24) is 14.8 Å². The molecule has 1 N–H and O–H groups in total. The summed E-state index contributed by atoms with van der Waals surface area (Å²) in [6.45, 7) is 5.79. The second-order valence-corrected chi connectivity index (χ2v) is 7.24. The highest BCUT2D eigenvalue weighted by molar-refractivity contribution is 5.95. The Morgan fingerprint density at radius 3 is 2.75 bits per heavy atom. The molecule has 0 spiro atoms. The predicted octanol–water partition coefficient (Wildman–Crippen LogP) is 2.09. The summed E-state index contributed by atoms with van der Waals surface area (Å²) < 4.78 is 12.2. The van der Waals surface area contributed by atoms with Gasteiger partial charge >= 0.3 is 0 Å². The number of carbonyl (C=O) groups excluding carboxylic acids is 1. The molecule has 0 atom stereocenters. The molecule has 4 rings (SSSR count). The number of carbonyl (C=O) groups is 1. The lowest BCUT2D eigenvalue weighted by Gasteiger charge is -2.15. The first-order valence-electron chi connectivity index (χ1n) is 9.76. The van der Waals surface area contributed by atoms with Crippen molar-refractivity contribution in [1.29, 1.82) is 0 Å². The Hall–Kier alpha value is -2.80. The molecule has 3 heterocycles. The molecule has 0 unspecified atom stereocenters. The topological polar surface area (TPSA) is 72.8 Å². The maximum absolute atomic E-state index is 13.0. The third-order valence-corrected chi connectivity index (χ3v) is 5.30. The number of rotatable bonds is 6. The van der Waals surface area contributed by atoms with Gasteiger partial charge in [-0.15, -0.1) is 0 Å². The molecule has 0 saturated carbocycles. The van der Waals surface area contributed by atoms with Gasteiger partial charge in [0.1, 0.15) is 5.56 Å². The number of nitrogens with zero attached hydrogens (tertiary/aromatic N) is 2. The number of amides is 1. The smallest absolute Gasteiger partial charge is 0.268 e. The number of fused-ring (bicyclic) bond motifs is 1. The maximum atomic E-state index is 13.0. The Labute approximate surface area is 163 Å². The van der Waals surface area contributed by atoms with Gasteiger partial charge in [0.25, 0.3) is 11.5 Å². The van der Waals surface area contributed by atoms with E-state index in [0.717, 1.165) is 26.1 Å². The highest BCUT2D eigenvalue weighted by Crippen LogP contribution is 2.33. The minimum atomic E-state index is -0.337. The minimum absolute atomic E-state index is 0.173. The fraction of sp³-hybridized carbons (Fsp3) is 0.429. The van der Waals surface area contributed by atoms with Crippen molar-refractivity contribution in [2.45, 2.75) is 26.2 Å². The lowest BCUT2D eigenvalue weighted by atomic mass is 10.1. The van der Waals surface area contributed by atoms with Gasteiger partial charge in [0.15, 0.2) is 11.5 Å². The number of likely N-dealkylation sites (tertiary alicyclic amines) is 1. The number of hydrogen-bond donors (Lipinski definition) is 1. The summed E-state index contributed by atoms with van der Waals surface area (Å²) in [6.07, 6.45) is 5.08. The van der Waals surface area contributed by atoms with E-state index < -0.39 is 0 Å². The van der Waals surface area contributed by atoms with Crippen molar-refractivity contribution < 1.29 is 14.3 Å². The van der Waals surface area contributed by atoms with Crippen LogP contribution in [0, 0.1) is 6.92 Å². The Kier molecular flexibility index (Phi) is 5.34. The van der Waals surface area contributed by atoms with Gasteiger partial charge in [-0.1, -0.05) is 0 Å². The van der Waals surface area contributed by atoms with E-state index in [0.29, 0.717) is 29.3 Å². The Balaban J connectivity index is 1.48. The highest BCUT2D eigenvalue weighted by atomic mass is 16.7. The quantitative estimate of drug-likeness (QED) is 0.774. The van der Waals surface area contributed by atoms with Crippen LogP contribution in [0.3, 0.4) is 0 Å². The van der Waals surface area contributed by atoms with E-state index in [4.69, 9.17) is 9.47 Å². The van der Waals surface area contributed by atoms with Crippen LogP contribution in [-0.2, 0) is 0 Å². The van der Waals surface area contributed by atoms with E-state index >= 15 is 0 Å². The van der Waals surface area contributed by atoms with Crippen LogP contribution in [0.5, 0.6) is 11.5 Å². The SMILES string of the molecule is Cc1ccn(-c2ccc3c(c2)OCO3)c(=O)c1C(=O)NCCCN1CCCC1. The summed E-state index contributed by atoms with van der Waals surface area (Å²) in [5.74, 6) is 0.928. The highest BCUT2D eigenvalue weighted by Gasteiger charge is 2.19. The number of benzene rings is 1. The van der Waals surface area contributed by atoms with E-state index in [1.165, 1.54) is 17.4 Å². The Morgan fingerprint density at radius 1 is 1.14 bits per heavy atom. The first-order valence-corrected chi connectivity index (χ1v) is 9.76. The molecule has 2 aliphatic rings. The lowest BCUT2D eigenvalue weighted by molar-refractivity contribution is 0.0949. The van der Waals surface area contributed by atoms with Crippen molar-refractivity contribution >= 4 is 5.91 Å². The average Bonchev–Trinajstić information content (AvgIpc) is 3.36. The minimum Gasteiger partial charge on any atom is -0.454 e. The zero-order valence-electron chi connectivity index (χ0n) is 16.1. The van der Waals surface area contributed by atoms with Crippen molar-refractivity contribution in [2.24, 2.45) is 0 Å². The fourth-order valence-electron chi connectivity index (χ4n) is 3.74. The number of aromatic nitrogens is 1. The average molecular weight is 383 g/mol. The zero-order chi connectivity index (χ0) is 19.5. The first kappa shape index (κ1) is 18.6. The molecular formula is C21H25N3O4.